The number of esters is 1. The zero-order valence-electron chi connectivity index (χ0n) is 30.0. The first kappa shape index (κ1) is 37.6. The number of hydrogen-bond donors (Lipinski definition) is 2. The zero-order chi connectivity index (χ0) is 36.2. The van der Waals surface area contributed by atoms with Gasteiger partial charge in [0.15, 0.2) is 0 Å². The topological polar surface area (TPSA) is 106 Å². The van der Waals surface area contributed by atoms with Crippen molar-refractivity contribution < 1.29 is 19.1 Å². The maximum Gasteiger partial charge on any atom is 0.328 e. The Morgan fingerprint density at radius 1 is 0.922 bits per heavy atom. The Kier molecular flexibility index (Phi) is 13.7. The lowest BCUT2D eigenvalue weighted by Crippen LogP contribution is -2.51. The Hall–Kier alpha value is -4.67. The molecule has 268 valence electrons. The van der Waals surface area contributed by atoms with E-state index in [0.717, 1.165) is 34.0 Å². The van der Waals surface area contributed by atoms with Crippen LogP contribution in [0.25, 0.3) is 21.5 Å². The summed E-state index contributed by atoms with van der Waals surface area (Å²) in [5.74, 6) is 0.0290. The fourth-order valence-electron chi connectivity index (χ4n) is 6.45. The fourth-order valence-corrected chi connectivity index (χ4v) is 6.92. The van der Waals surface area contributed by atoms with Crippen LogP contribution in [0.3, 0.4) is 0 Å². The number of methoxy groups -OCH3 is 1. The molecule has 1 heterocycles. The average molecular weight is 708 g/mol. The lowest BCUT2D eigenvalue weighted by atomic mass is 9.97. The van der Waals surface area contributed by atoms with E-state index in [1.807, 2.05) is 41.2 Å². The summed E-state index contributed by atoms with van der Waals surface area (Å²) in [5, 5.41) is 10.8. The molecule has 5 rings (SSSR count). The Balaban J connectivity index is 1.32. The van der Waals surface area contributed by atoms with Gasteiger partial charge in [-0.25, -0.2) is 9.78 Å². The Morgan fingerprint density at radius 3 is 2.43 bits per heavy atom. The number of carbonyl (C=O) groups excluding carboxylic acids is 3. The normalized spacial score (nSPS) is 13.2. The first-order valence-electron chi connectivity index (χ1n) is 17.6. The van der Waals surface area contributed by atoms with Gasteiger partial charge in [0, 0.05) is 37.6 Å². The predicted molar refractivity (Wildman–Crippen MR) is 207 cm³/mol. The van der Waals surface area contributed by atoms with Gasteiger partial charge in [-0.3, -0.25) is 14.5 Å². The summed E-state index contributed by atoms with van der Waals surface area (Å²) in [6.07, 6.45) is 6.99. The van der Waals surface area contributed by atoms with Crippen LogP contribution < -0.4 is 10.6 Å². The van der Waals surface area contributed by atoms with E-state index in [4.69, 9.17) is 4.74 Å². The maximum atomic E-state index is 13.7. The molecule has 0 saturated carbocycles. The van der Waals surface area contributed by atoms with Crippen LogP contribution in [0.2, 0.25) is 0 Å². The summed E-state index contributed by atoms with van der Waals surface area (Å²) >= 11 is 1.61. The van der Waals surface area contributed by atoms with Crippen LogP contribution in [0.4, 0.5) is 0 Å². The molecule has 0 aliphatic rings. The van der Waals surface area contributed by atoms with Gasteiger partial charge in [0.2, 0.25) is 11.8 Å². The highest BCUT2D eigenvalue weighted by atomic mass is 32.2. The van der Waals surface area contributed by atoms with Crippen molar-refractivity contribution in [3.8, 4) is 0 Å². The summed E-state index contributed by atoms with van der Waals surface area (Å²) in [6, 6.07) is 28.1. The van der Waals surface area contributed by atoms with Crippen molar-refractivity contribution >= 4 is 51.1 Å². The summed E-state index contributed by atoms with van der Waals surface area (Å²) < 4.78 is 7.01. The highest BCUT2D eigenvalue weighted by molar-refractivity contribution is 7.98. The van der Waals surface area contributed by atoms with E-state index in [1.165, 1.54) is 17.9 Å². The first-order chi connectivity index (χ1) is 24.8. The van der Waals surface area contributed by atoms with Gasteiger partial charge < -0.3 is 19.9 Å². The molecule has 1 aromatic heterocycles. The van der Waals surface area contributed by atoms with Gasteiger partial charge in [-0.05, 0) is 63.1 Å². The van der Waals surface area contributed by atoms with Crippen molar-refractivity contribution in [2.24, 2.45) is 5.92 Å². The third-order valence-electron chi connectivity index (χ3n) is 9.51. The maximum absolute atomic E-state index is 13.7. The SMILES string of the molecule is CC[C@H](C)[C@@H](CN(CC(=O)N[C@@H](CCSC)C(=O)OC)Cc1cccc2ccccc12)NC(=O)Cc1cncn1Cc1ccc2ccccc2c1. The van der Waals surface area contributed by atoms with Gasteiger partial charge in [0.1, 0.15) is 6.04 Å². The monoisotopic (exact) mass is 707 g/mol. The van der Waals surface area contributed by atoms with Crippen LogP contribution >= 0.6 is 11.8 Å². The molecule has 2 N–H and O–H groups in total. The largest absolute Gasteiger partial charge is 0.467 e. The van der Waals surface area contributed by atoms with Crippen LogP contribution in [-0.2, 0) is 38.6 Å². The highest BCUT2D eigenvalue weighted by Gasteiger charge is 2.26. The number of thioether (sulfide) groups is 1. The van der Waals surface area contributed by atoms with Crippen molar-refractivity contribution in [1.29, 1.82) is 0 Å². The van der Waals surface area contributed by atoms with E-state index in [1.54, 1.807) is 24.3 Å². The van der Waals surface area contributed by atoms with Crippen LogP contribution in [0, 0.1) is 5.92 Å². The lowest BCUT2D eigenvalue weighted by Gasteiger charge is -2.32. The minimum Gasteiger partial charge on any atom is -0.467 e. The Bertz CT molecular complexity index is 1920. The smallest absolute Gasteiger partial charge is 0.328 e. The molecule has 10 heteroatoms. The van der Waals surface area contributed by atoms with E-state index in [2.05, 4.69) is 89.0 Å². The number of aromatic nitrogens is 2. The quantitative estimate of drug-likeness (QED) is 0.104. The molecule has 0 radical (unpaired) electrons. The number of hydrogen-bond acceptors (Lipinski definition) is 7. The molecular weight excluding hydrogens is 659 g/mol. The average Bonchev–Trinajstić information content (AvgIpc) is 3.57. The summed E-state index contributed by atoms with van der Waals surface area (Å²) in [4.78, 5) is 46.2. The summed E-state index contributed by atoms with van der Waals surface area (Å²) in [6.45, 7) is 5.83. The minimum absolute atomic E-state index is 0.0529. The van der Waals surface area contributed by atoms with Crippen LogP contribution in [-0.4, -0.2) is 76.5 Å². The number of nitrogens with one attached hydrogen (secondary N) is 2. The molecule has 0 unspecified atom stereocenters. The van der Waals surface area contributed by atoms with Crippen molar-refractivity contribution in [2.45, 2.75) is 58.3 Å². The van der Waals surface area contributed by atoms with Crippen molar-refractivity contribution in [2.75, 3.05) is 32.2 Å². The van der Waals surface area contributed by atoms with E-state index >= 15 is 0 Å². The number of nitrogens with zero attached hydrogens (tertiary/aromatic N) is 3. The van der Waals surface area contributed by atoms with Crippen LogP contribution in [0.15, 0.2) is 97.5 Å². The number of amides is 2. The molecule has 3 atom stereocenters. The highest BCUT2D eigenvalue weighted by Crippen LogP contribution is 2.22. The second-order valence-electron chi connectivity index (χ2n) is 13.2. The van der Waals surface area contributed by atoms with Gasteiger partial charge in [0.05, 0.1) is 26.4 Å². The third kappa shape index (κ3) is 10.4. The molecule has 0 bridgehead atoms. The second kappa shape index (κ2) is 18.5. The molecule has 9 nitrogen and oxygen atoms in total. The number of fused-ring (bicyclic) bond motifs is 2. The van der Waals surface area contributed by atoms with Gasteiger partial charge in [0.25, 0.3) is 0 Å². The Morgan fingerprint density at radius 2 is 1.67 bits per heavy atom. The van der Waals surface area contributed by atoms with Gasteiger partial charge in [-0.1, -0.05) is 99.1 Å². The first-order valence-corrected chi connectivity index (χ1v) is 19.0. The second-order valence-corrected chi connectivity index (χ2v) is 14.1. The fraction of sp³-hybridized carbons (Fsp3) is 0.366. The van der Waals surface area contributed by atoms with E-state index in [9.17, 15) is 14.4 Å². The van der Waals surface area contributed by atoms with Crippen LogP contribution in [0.5, 0.6) is 0 Å². The van der Waals surface area contributed by atoms with Gasteiger partial charge >= 0.3 is 5.97 Å². The number of ether oxygens (including phenoxy) is 1. The molecule has 2 amide bonds. The van der Waals surface area contributed by atoms with E-state index < -0.39 is 12.0 Å². The number of benzene rings is 4. The third-order valence-corrected chi connectivity index (χ3v) is 10.2. The van der Waals surface area contributed by atoms with Gasteiger partial charge in [-0.2, -0.15) is 11.8 Å². The van der Waals surface area contributed by atoms with Gasteiger partial charge in [-0.15, -0.1) is 0 Å². The molecule has 0 aliphatic heterocycles. The predicted octanol–water partition coefficient (Wildman–Crippen LogP) is 6.22. The molecule has 51 heavy (non-hydrogen) atoms. The standard InChI is InChI=1S/C41H49N5O4S/c1-5-29(2)38(44-39(47)22-35-23-42-28-46(35)24-30-17-18-31-11-6-7-13-33(31)21-30)26-45(25-34-15-10-14-32-12-8-9-16-36(32)34)27-40(48)43-37(19-20-51-4)41(49)50-3/h6-18,21,23,28-29,37-38H,5,19-20,22,24-27H2,1-4H3,(H,43,48)(H,44,47)/t29-,37-,38+/m0/s1. The lowest BCUT2D eigenvalue weighted by molar-refractivity contribution is -0.145. The molecule has 5 aromatic rings. The van der Waals surface area contributed by atoms with E-state index in [0.29, 0.717) is 31.8 Å². The summed E-state index contributed by atoms with van der Waals surface area (Å²) in [7, 11) is 1.34. The van der Waals surface area contributed by atoms with Crippen LogP contribution in [0.1, 0.15) is 43.5 Å². The molecule has 4 aromatic carbocycles. The zero-order valence-corrected chi connectivity index (χ0v) is 30.8. The number of imidazole rings is 1. The molecule has 0 saturated heterocycles. The molecule has 0 aliphatic carbocycles. The van der Waals surface area contributed by atoms with E-state index in [-0.39, 0.29) is 36.7 Å². The van der Waals surface area contributed by atoms with Crippen molar-refractivity contribution in [3.63, 3.8) is 0 Å². The summed E-state index contributed by atoms with van der Waals surface area (Å²) in [5.41, 5.74) is 3.05. The molecular formula is C41H49N5O4S. The molecule has 0 fully saturated rings. The number of rotatable bonds is 18. The van der Waals surface area contributed by atoms with Crippen molar-refractivity contribution in [1.82, 2.24) is 25.1 Å². The minimum atomic E-state index is -0.723. The molecule has 0 spiro atoms. The van der Waals surface area contributed by atoms with Crippen molar-refractivity contribution in [3.05, 3.63) is 114 Å². The Labute approximate surface area is 305 Å². The number of carbonyl (C=O) groups is 3.